The molecule has 0 radical (unpaired) electrons. The van der Waals surface area contributed by atoms with Gasteiger partial charge in [-0.05, 0) is 24.6 Å². The van der Waals surface area contributed by atoms with Crippen LogP contribution < -0.4 is 4.90 Å². The van der Waals surface area contributed by atoms with Gasteiger partial charge in [-0.3, -0.25) is 14.4 Å². The lowest BCUT2D eigenvalue weighted by molar-refractivity contribution is -0.154. The van der Waals surface area contributed by atoms with Crippen molar-refractivity contribution < 1.29 is 19.1 Å². The number of benzene rings is 1. The highest BCUT2D eigenvalue weighted by Gasteiger charge is 2.42. The molecule has 1 aromatic carbocycles. The average molecular weight is 303 g/mol. The van der Waals surface area contributed by atoms with Crippen LogP contribution in [-0.2, 0) is 19.1 Å². The van der Waals surface area contributed by atoms with E-state index in [4.69, 9.17) is 4.74 Å². The van der Waals surface area contributed by atoms with Gasteiger partial charge in [-0.2, -0.15) is 0 Å². The summed E-state index contributed by atoms with van der Waals surface area (Å²) in [6.45, 7) is 1.93. The number of nitrogens with zero attached hydrogens (tertiary/aromatic N) is 1. The molecule has 0 aromatic heterocycles. The first-order chi connectivity index (χ1) is 10.4. The SMILES string of the molecule is CCOC(=O)C1C(=O)CC(=O)CC1c1ccc(N(C)C)cc1. The van der Waals surface area contributed by atoms with Crippen molar-refractivity contribution in [2.75, 3.05) is 25.6 Å². The van der Waals surface area contributed by atoms with E-state index in [2.05, 4.69) is 0 Å². The molecule has 0 spiro atoms. The minimum absolute atomic E-state index is 0.118. The molecule has 1 aliphatic carbocycles. The number of esters is 1. The first-order valence-electron chi connectivity index (χ1n) is 7.42. The van der Waals surface area contributed by atoms with Crippen LogP contribution in [0.4, 0.5) is 5.69 Å². The highest BCUT2D eigenvalue weighted by molar-refractivity contribution is 6.11. The monoisotopic (exact) mass is 303 g/mol. The normalized spacial score (nSPS) is 21.6. The zero-order valence-corrected chi connectivity index (χ0v) is 13.2. The predicted molar refractivity (Wildman–Crippen MR) is 82.9 cm³/mol. The molecule has 0 aliphatic heterocycles. The molecule has 0 amide bonds. The number of carbonyl (C=O) groups is 3. The van der Waals surface area contributed by atoms with Gasteiger partial charge in [-0.25, -0.2) is 0 Å². The lowest BCUT2D eigenvalue weighted by Gasteiger charge is -2.28. The topological polar surface area (TPSA) is 63.7 Å². The summed E-state index contributed by atoms with van der Waals surface area (Å²) in [4.78, 5) is 38.0. The second-order valence-electron chi connectivity index (χ2n) is 5.71. The quantitative estimate of drug-likeness (QED) is 0.628. The van der Waals surface area contributed by atoms with Crippen molar-refractivity contribution in [2.45, 2.75) is 25.7 Å². The van der Waals surface area contributed by atoms with Crippen molar-refractivity contribution in [2.24, 2.45) is 5.92 Å². The van der Waals surface area contributed by atoms with Gasteiger partial charge < -0.3 is 9.64 Å². The van der Waals surface area contributed by atoms with Crippen LogP contribution >= 0.6 is 0 Å². The summed E-state index contributed by atoms with van der Waals surface area (Å²) in [7, 11) is 3.87. The van der Waals surface area contributed by atoms with E-state index in [9.17, 15) is 14.4 Å². The van der Waals surface area contributed by atoms with Crippen molar-refractivity contribution in [1.82, 2.24) is 0 Å². The van der Waals surface area contributed by atoms with Gasteiger partial charge in [0.25, 0.3) is 0 Å². The lowest BCUT2D eigenvalue weighted by atomic mass is 9.74. The van der Waals surface area contributed by atoms with E-state index in [1.165, 1.54) is 0 Å². The lowest BCUT2D eigenvalue weighted by Crippen LogP contribution is -2.38. The molecule has 1 aromatic rings. The molecular formula is C17H21NO4. The van der Waals surface area contributed by atoms with E-state index in [-0.39, 0.29) is 31.0 Å². The second kappa shape index (κ2) is 6.73. The molecule has 0 bridgehead atoms. The largest absolute Gasteiger partial charge is 0.465 e. The molecule has 2 unspecified atom stereocenters. The van der Waals surface area contributed by atoms with Gasteiger partial charge in [0, 0.05) is 32.1 Å². The Bertz CT molecular complexity index is 577. The third-order valence-corrected chi connectivity index (χ3v) is 3.95. The Hall–Kier alpha value is -2.17. The zero-order chi connectivity index (χ0) is 16.3. The number of anilines is 1. The maximum Gasteiger partial charge on any atom is 0.317 e. The number of hydrogen-bond donors (Lipinski definition) is 0. The van der Waals surface area contributed by atoms with E-state index >= 15 is 0 Å². The number of ether oxygens (including phenoxy) is 1. The van der Waals surface area contributed by atoms with Crippen LogP contribution in [0, 0.1) is 5.92 Å². The molecule has 1 fully saturated rings. The van der Waals surface area contributed by atoms with Crippen molar-refractivity contribution >= 4 is 23.2 Å². The van der Waals surface area contributed by atoms with Gasteiger partial charge >= 0.3 is 5.97 Å². The summed E-state index contributed by atoms with van der Waals surface area (Å²) >= 11 is 0. The average Bonchev–Trinajstić information content (AvgIpc) is 2.46. The van der Waals surface area contributed by atoms with E-state index in [1.54, 1.807) is 6.92 Å². The second-order valence-corrected chi connectivity index (χ2v) is 5.71. The van der Waals surface area contributed by atoms with Crippen molar-refractivity contribution in [3.63, 3.8) is 0 Å². The van der Waals surface area contributed by atoms with E-state index in [0.29, 0.717) is 0 Å². The summed E-state index contributed by atoms with van der Waals surface area (Å²) < 4.78 is 5.02. The number of carbonyl (C=O) groups excluding carboxylic acids is 3. The molecule has 0 N–H and O–H groups in total. The Morgan fingerprint density at radius 1 is 1.23 bits per heavy atom. The molecular weight excluding hydrogens is 282 g/mol. The van der Waals surface area contributed by atoms with E-state index < -0.39 is 17.8 Å². The molecule has 5 heteroatoms. The highest BCUT2D eigenvalue weighted by Crippen LogP contribution is 2.35. The fraction of sp³-hybridized carbons (Fsp3) is 0.471. The Labute approximate surface area is 130 Å². The van der Waals surface area contributed by atoms with Crippen LogP contribution in [-0.4, -0.2) is 38.2 Å². The van der Waals surface area contributed by atoms with Crippen molar-refractivity contribution in [1.29, 1.82) is 0 Å². The third-order valence-electron chi connectivity index (χ3n) is 3.95. The maximum atomic E-state index is 12.1. The molecule has 22 heavy (non-hydrogen) atoms. The number of ketones is 2. The Balaban J connectivity index is 2.32. The Morgan fingerprint density at radius 2 is 1.86 bits per heavy atom. The third kappa shape index (κ3) is 3.35. The van der Waals surface area contributed by atoms with E-state index in [0.717, 1.165) is 11.3 Å². The first-order valence-corrected chi connectivity index (χ1v) is 7.42. The summed E-state index contributed by atoms with van der Waals surface area (Å²) in [5.41, 5.74) is 1.84. The van der Waals surface area contributed by atoms with Crippen LogP contribution in [0.1, 0.15) is 31.2 Å². The molecule has 5 nitrogen and oxygen atoms in total. The van der Waals surface area contributed by atoms with Gasteiger partial charge in [0.1, 0.15) is 11.7 Å². The summed E-state index contributed by atoms with van der Waals surface area (Å²) in [6, 6.07) is 7.58. The predicted octanol–water partition coefficient (Wildman–Crippen LogP) is 1.95. The molecule has 0 saturated heterocycles. The molecule has 2 rings (SSSR count). The summed E-state index contributed by atoms with van der Waals surface area (Å²) in [5.74, 6) is -2.28. The van der Waals surface area contributed by atoms with Crippen LogP contribution in [0.2, 0.25) is 0 Å². The Kier molecular flexibility index (Phi) is 4.96. The smallest absolute Gasteiger partial charge is 0.317 e. The minimum Gasteiger partial charge on any atom is -0.465 e. The summed E-state index contributed by atoms with van der Waals surface area (Å²) in [6.07, 6.45) is 0.0340. The molecule has 1 aliphatic rings. The molecule has 118 valence electrons. The molecule has 0 heterocycles. The van der Waals surface area contributed by atoms with Crippen molar-refractivity contribution in [3.05, 3.63) is 29.8 Å². The zero-order valence-electron chi connectivity index (χ0n) is 13.2. The van der Waals surface area contributed by atoms with Crippen LogP contribution in [0.15, 0.2) is 24.3 Å². The van der Waals surface area contributed by atoms with Gasteiger partial charge in [0.15, 0.2) is 5.78 Å². The fourth-order valence-corrected chi connectivity index (χ4v) is 2.82. The number of hydrogen-bond acceptors (Lipinski definition) is 5. The molecule has 2 atom stereocenters. The van der Waals surface area contributed by atoms with Crippen LogP contribution in [0.5, 0.6) is 0 Å². The van der Waals surface area contributed by atoms with E-state index in [1.807, 2.05) is 43.3 Å². The first kappa shape index (κ1) is 16.2. The number of Topliss-reactive ketones (excluding diaryl/α,β-unsaturated/α-hetero) is 2. The highest BCUT2D eigenvalue weighted by atomic mass is 16.5. The summed E-state index contributed by atoms with van der Waals surface area (Å²) in [5, 5.41) is 0. The Morgan fingerprint density at radius 3 is 2.41 bits per heavy atom. The maximum absolute atomic E-state index is 12.1. The minimum atomic E-state index is -0.872. The van der Waals surface area contributed by atoms with Crippen LogP contribution in [0.3, 0.4) is 0 Å². The van der Waals surface area contributed by atoms with Crippen molar-refractivity contribution in [3.8, 4) is 0 Å². The standard InChI is InChI=1S/C17H21NO4/c1-4-22-17(21)16-14(9-13(19)10-15(16)20)11-5-7-12(8-6-11)18(2)3/h5-8,14,16H,4,9-10H2,1-3H3. The number of rotatable bonds is 4. The molecule has 1 saturated carbocycles. The van der Waals surface area contributed by atoms with Gasteiger partial charge in [-0.1, -0.05) is 12.1 Å². The van der Waals surface area contributed by atoms with Gasteiger partial charge in [0.05, 0.1) is 13.0 Å². The fourth-order valence-electron chi connectivity index (χ4n) is 2.82. The van der Waals surface area contributed by atoms with Gasteiger partial charge in [0.2, 0.25) is 0 Å². The van der Waals surface area contributed by atoms with Crippen LogP contribution in [0.25, 0.3) is 0 Å². The van der Waals surface area contributed by atoms with Gasteiger partial charge in [-0.15, -0.1) is 0 Å².